The number of rotatable bonds is 69. The number of likely N-dealkylation sites (N-methyl/N-ethyl adjacent to an activating group) is 1. The van der Waals surface area contributed by atoms with Crippen LogP contribution in [0.4, 0.5) is 0 Å². The monoisotopic (exact) mass is 1190 g/mol. The molecule has 1 amide bonds. The van der Waals surface area contributed by atoms with Crippen molar-refractivity contribution in [3.05, 3.63) is 36.5 Å². The van der Waals surface area contributed by atoms with Crippen LogP contribution >= 0.6 is 7.82 Å². The van der Waals surface area contributed by atoms with Gasteiger partial charge in [0.2, 0.25) is 5.91 Å². The molecule has 0 saturated heterocycles. The molecule has 0 heterocycles. The zero-order chi connectivity index (χ0) is 60.5. The van der Waals surface area contributed by atoms with Crippen LogP contribution in [0.2, 0.25) is 0 Å². The molecular formula is C74H145N2O6P. The van der Waals surface area contributed by atoms with E-state index >= 15 is 0 Å². The predicted octanol–water partition coefficient (Wildman–Crippen LogP) is 23.0. The van der Waals surface area contributed by atoms with Gasteiger partial charge < -0.3 is 28.8 Å². The fraction of sp³-hybridized carbons (Fsp3) is 0.905. The quantitative estimate of drug-likeness (QED) is 0.0272. The lowest BCUT2D eigenvalue weighted by atomic mass is 10.0. The zero-order valence-corrected chi connectivity index (χ0v) is 57.3. The molecule has 0 radical (unpaired) electrons. The second kappa shape index (κ2) is 65.2. The molecule has 3 atom stereocenters. The molecule has 0 aliphatic heterocycles. The number of quaternary nitrogens is 1. The third-order valence-corrected chi connectivity index (χ3v) is 18.0. The molecule has 2 N–H and O–H groups in total. The molecule has 8 nitrogen and oxygen atoms in total. The van der Waals surface area contributed by atoms with Gasteiger partial charge in [0.05, 0.1) is 39.9 Å². The van der Waals surface area contributed by atoms with Crippen molar-refractivity contribution in [3.8, 4) is 0 Å². The van der Waals surface area contributed by atoms with Crippen LogP contribution in [0.5, 0.6) is 0 Å². The highest BCUT2D eigenvalue weighted by Crippen LogP contribution is 2.38. The number of nitrogens with one attached hydrogen (secondary N) is 1. The Hall–Kier alpha value is -1.28. The van der Waals surface area contributed by atoms with Crippen molar-refractivity contribution in [3.63, 3.8) is 0 Å². The molecule has 0 aromatic heterocycles. The third kappa shape index (κ3) is 68.1. The molecule has 0 bridgehead atoms. The Bertz CT molecular complexity index is 1450. The summed E-state index contributed by atoms with van der Waals surface area (Å²) < 4.78 is 23.5. The molecule has 0 spiro atoms. The molecule has 0 aliphatic rings. The van der Waals surface area contributed by atoms with Gasteiger partial charge in [-0.05, 0) is 57.8 Å². The van der Waals surface area contributed by atoms with Crippen molar-refractivity contribution in [1.82, 2.24) is 5.32 Å². The van der Waals surface area contributed by atoms with Gasteiger partial charge in [-0.1, -0.05) is 352 Å². The van der Waals surface area contributed by atoms with Gasteiger partial charge in [-0.3, -0.25) is 9.36 Å². The molecular weight excluding hydrogens is 1040 g/mol. The standard InChI is InChI=1S/C74H145N2O6P/c1-6-8-10-12-14-16-18-20-22-24-26-28-30-32-34-36-37-38-39-40-42-44-46-48-50-52-54-56-58-60-62-64-66-68-74(78)75-72(71-82-83(79,80)81-70-69-76(3,4)5)73(77)67-65-63-61-59-57-55-53-51-49-47-45-43-41-35-33-31-29-27-25-23-21-19-17-15-13-11-9-7-2/h24,26,57,59,65,67,72-73,77H,6-23,25,27-56,58,60-64,66,68-71H2,1-5H3,(H-,75,78,79,80)/b26-24-,59-57+,67-65+. The summed E-state index contributed by atoms with van der Waals surface area (Å²) in [6.45, 7) is 4.69. The van der Waals surface area contributed by atoms with E-state index in [1.807, 2.05) is 27.2 Å². The van der Waals surface area contributed by atoms with Crippen molar-refractivity contribution < 1.29 is 32.9 Å². The summed E-state index contributed by atoms with van der Waals surface area (Å²) in [6, 6.07) is -0.903. The Morgan fingerprint density at radius 2 is 0.675 bits per heavy atom. The maximum Gasteiger partial charge on any atom is 0.268 e. The van der Waals surface area contributed by atoms with Crippen molar-refractivity contribution in [2.45, 2.75) is 392 Å². The SMILES string of the molecule is CCCCCCCCCC/C=C\CCCCCCCCCCCCCCCCCCCCCCCC(=O)NC(COP(=O)([O-])OCC[N+](C)(C)C)C(O)/C=C/CC/C=C/CCCCCCCCCCCCCCCCCCCCCCCC. The number of carbonyl (C=O) groups is 1. The van der Waals surface area contributed by atoms with Gasteiger partial charge in [0.1, 0.15) is 13.2 Å². The van der Waals surface area contributed by atoms with Crippen molar-refractivity contribution >= 4 is 13.7 Å². The van der Waals surface area contributed by atoms with Gasteiger partial charge in [0.15, 0.2) is 0 Å². The number of phosphoric ester groups is 1. The number of carbonyl (C=O) groups excluding carboxylic acids is 1. The summed E-state index contributed by atoms with van der Waals surface area (Å²) >= 11 is 0. The number of aliphatic hydroxyl groups excluding tert-OH is 1. The minimum atomic E-state index is -4.61. The van der Waals surface area contributed by atoms with E-state index in [0.717, 1.165) is 38.5 Å². The minimum Gasteiger partial charge on any atom is -0.756 e. The smallest absolute Gasteiger partial charge is 0.268 e. The predicted molar refractivity (Wildman–Crippen MR) is 362 cm³/mol. The van der Waals surface area contributed by atoms with E-state index in [1.54, 1.807) is 6.08 Å². The van der Waals surface area contributed by atoms with Crippen LogP contribution in [0.3, 0.4) is 0 Å². The molecule has 0 aromatic rings. The summed E-state index contributed by atoms with van der Waals surface area (Å²) in [7, 11) is 1.26. The van der Waals surface area contributed by atoms with E-state index in [1.165, 1.54) is 321 Å². The number of unbranched alkanes of at least 4 members (excludes halogenated alkanes) is 52. The topological polar surface area (TPSA) is 108 Å². The maximum absolute atomic E-state index is 13.0. The van der Waals surface area contributed by atoms with E-state index < -0.39 is 20.0 Å². The van der Waals surface area contributed by atoms with Gasteiger partial charge in [-0.15, -0.1) is 0 Å². The lowest BCUT2D eigenvalue weighted by molar-refractivity contribution is -0.870. The summed E-state index contributed by atoms with van der Waals surface area (Å²) in [5, 5.41) is 14.0. The minimum absolute atomic E-state index is 0.00428. The van der Waals surface area contributed by atoms with Crippen LogP contribution in [0.1, 0.15) is 380 Å². The van der Waals surface area contributed by atoms with Gasteiger partial charge in [0.25, 0.3) is 7.82 Å². The number of hydrogen-bond acceptors (Lipinski definition) is 6. The molecule has 0 rings (SSSR count). The summed E-state index contributed by atoms with van der Waals surface area (Å²) in [5.74, 6) is -0.199. The molecule has 0 aliphatic carbocycles. The average Bonchev–Trinajstić information content (AvgIpc) is 3.49. The van der Waals surface area contributed by atoms with Crippen LogP contribution in [0, 0.1) is 0 Å². The number of phosphoric acid groups is 1. The van der Waals surface area contributed by atoms with Gasteiger partial charge in [-0.25, -0.2) is 0 Å². The first-order chi connectivity index (χ1) is 40.5. The van der Waals surface area contributed by atoms with E-state index in [-0.39, 0.29) is 19.1 Å². The van der Waals surface area contributed by atoms with Crippen molar-refractivity contribution in [2.75, 3.05) is 40.9 Å². The largest absolute Gasteiger partial charge is 0.756 e. The Morgan fingerprint density at radius 3 is 0.976 bits per heavy atom. The first-order valence-electron chi connectivity index (χ1n) is 36.9. The fourth-order valence-electron chi connectivity index (χ4n) is 11.3. The average molecular weight is 1190 g/mol. The highest BCUT2D eigenvalue weighted by molar-refractivity contribution is 7.45. The number of hydrogen-bond donors (Lipinski definition) is 2. The van der Waals surface area contributed by atoms with Gasteiger partial charge in [0, 0.05) is 6.42 Å². The van der Waals surface area contributed by atoms with E-state index in [4.69, 9.17) is 9.05 Å². The van der Waals surface area contributed by atoms with Crippen LogP contribution in [0.25, 0.3) is 0 Å². The van der Waals surface area contributed by atoms with Crippen LogP contribution in [-0.2, 0) is 18.4 Å². The Balaban J connectivity index is 4.03. The Labute approximate surface area is 518 Å². The van der Waals surface area contributed by atoms with E-state index in [0.29, 0.717) is 17.4 Å². The highest BCUT2D eigenvalue weighted by Gasteiger charge is 2.23. The Morgan fingerprint density at radius 1 is 0.410 bits per heavy atom. The lowest BCUT2D eigenvalue weighted by Gasteiger charge is -2.29. The third-order valence-electron chi connectivity index (χ3n) is 17.1. The lowest BCUT2D eigenvalue weighted by Crippen LogP contribution is -2.45. The van der Waals surface area contributed by atoms with Gasteiger partial charge >= 0.3 is 0 Å². The van der Waals surface area contributed by atoms with Crippen molar-refractivity contribution in [2.24, 2.45) is 0 Å². The van der Waals surface area contributed by atoms with E-state index in [2.05, 4.69) is 43.5 Å². The molecule has 0 saturated carbocycles. The van der Waals surface area contributed by atoms with Crippen LogP contribution < -0.4 is 10.2 Å². The second-order valence-electron chi connectivity index (χ2n) is 26.6. The number of aliphatic hydroxyl groups is 1. The number of allylic oxidation sites excluding steroid dienone is 5. The number of amides is 1. The molecule has 492 valence electrons. The summed E-state index contributed by atoms with van der Waals surface area (Å²) in [4.78, 5) is 25.6. The van der Waals surface area contributed by atoms with Crippen LogP contribution in [-0.4, -0.2) is 68.5 Å². The second-order valence-corrected chi connectivity index (χ2v) is 28.1. The molecule has 9 heteroatoms. The molecule has 0 fully saturated rings. The van der Waals surface area contributed by atoms with Gasteiger partial charge in [-0.2, -0.15) is 0 Å². The normalized spacial score (nSPS) is 13.8. The number of nitrogens with zero attached hydrogens (tertiary/aromatic N) is 1. The van der Waals surface area contributed by atoms with Crippen LogP contribution in [0.15, 0.2) is 36.5 Å². The highest BCUT2D eigenvalue weighted by atomic mass is 31.2. The first-order valence-corrected chi connectivity index (χ1v) is 38.3. The first kappa shape index (κ1) is 81.7. The van der Waals surface area contributed by atoms with E-state index in [9.17, 15) is 19.4 Å². The summed E-state index contributed by atoms with van der Waals surface area (Å²) in [5.41, 5.74) is 0. The fourth-order valence-corrected chi connectivity index (χ4v) is 12.1. The maximum atomic E-state index is 13.0. The molecule has 0 aromatic carbocycles. The molecule has 83 heavy (non-hydrogen) atoms. The summed E-state index contributed by atoms with van der Waals surface area (Å²) in [6.07, 6.45) is 87.2. The van der Waals surface area contributed by atoms with Crippen molar-refractivity contribution in [1.29, 1.82) is 0 Å². The Kier molecular flexibility index (Phi) is 64.2. The zero-order valence-electron chi connectivity index (χ0n) is 56.4. The molecule has 3 unspecified atom stereocenters.